The van der Waals surface area contributed by atoms with Crippen LogP contribution in [-0.4, -0.2) is 20.4 Å². The Morgan fingerprint density at radius 1 is 0.935 bits per heavy atom. The number of fused-ring (bicyclic) bond motifs is 1. The standard InChI is InChI=1S/C26H24ClN3O/c27-22-11-5-4-10-21(22)26(31)29(16-19-8-2-1-3-9-19)18-25-28-23-12-6-7-13-24(23)30(25)17-20-14-15-20/h1-13,20H,14-18H2. The summed E-state index contributed by atoms with van der Waals surface area (Å²) in [6.45, 7) is 1.88. The van der Waals surface area contributed by atoms with Gasteiger partial charge in [0.2, 0.25) is 0 Å². The molecule has 0 unspecified atom stereocenters. The number of carbonyl (C=O) groups excluding carboxylic acids is 1. The minimum absolute atomic E-state index is 0.0838. The number of para-hydroxylation sites is 2. The molecule has 1 aliphatic carbocycles. The van der Waals surface area contributed by atoms with Crippen molar-refractivity contribution in [3.63, 3.8) is 0 Å². The Morgan fingerprint density at radius 2 is 1.65 bits per heavy atom. The maximum atomic E-state index is 13.5. The molecule has 0 atom stereocenters. The lowest BCUT2D eigenvalue weighted by Crippen LogP contribution is -2.31. The smallest absolute Gasteiger partial charge is 0.256 e. The molecule has 1 fully saturated rings. The first-order valence-electron chi connectivity index (χ1n) is 10.7. The highest BCUT2D eigenvalue weighted by atomic mass is 35.5. The Kier molecular flexibility index (Phi) is 5.47. The zero-order valence-corrected chi connectivity index (χ0v) is 18.0. The van der Waals surface area contributed by atoms with Crippen LogP contribution in [0.15, 0.2) is 78.9 Å². The van der Waals surface area contributed by atoms with Gasteiger partial charge in [-0.15, -0.1) is 0 Å². The molecule has 1 heterocycles. The molecule has 31 heavy (non-hydrogen) atoms. The van der Waals surface area contributed by atoms with E-state index in [-0.39, 0.29) is 5.91 Å². The first-order valence-corrected chi connectivity index (χ1v) is 11.1. The van der Waals surface area contributed by atoms with E-state index in [1.807, 2.05) is 65.6 Å². The van der Waals surface area contributed by atoms with Crippen LogP contribution in [0, 0.1) is 5.92 Å². The Labute approximate surface area is 187 Å². The molecular formula is C26H24ClN3O. The third-order valence-electron chi connectivity index (χ3n) is 5.81. The molecule has 3 aromatic carbocycles. The van der Waals surface area contributed by atoms with Gasteiger partial charge in [0.15, 0.2) is 0 Å². The molecule has 1 saturated carbocycles. The summed E-state index contributed by atoms with van der Waals surface area (Å²) in [7, 11) is 0. The summed E-state index contributed by atoms with van der Waals surface area (Å²) in [6.07, 6.45) is 2.52. The molecule has 0 bridgehead atoms. The lowest BCUT2D eigenvalue weighted by Gasteiger charge is -2.24. The highest BCUT2D eigenvalue weighted by Gasteiger charge is 2.26. The fourth-order valence-electron chi connectivity index (χ4n) is 3.99. The second-order valence-corrected chi connectivity index (χ2v) is 8.60. The molecule has 156 valence electrons. The highest BCUT2D eigenvalue weighted by Crippen LogP contribution is 2.33. The Hall–Kier alpha value is -3.11. The lowest BCUT2D eigenvalue weighted by atomic mass is 10.1. The molecule has 0 spiro atoms. The van der Waals surface area contributed by atoms with Crippen molar-refractivity contribution in [3.05, 3.63) is 101 Å². The Bertz CT molecular complexity index is 1210. The van der Waals surface area contributed by atoms with Crippen LogP contribution in [0.5, 0.6) is 0 Å². The van der Waals surface area contributed by atoms with Crippen LogP contribution < -0.4 is 0 Å². The third kappa shape index (κ3) is 4.35. The fourth-order valence-corrected chi connectivity index (χ4v) is 4.20. The first-order chi connectivity index (χ1) is 15.2. The van der Waals surface area contributed by atoms with Gasteiger partial charge in [-0.25, -0.2) is 4.98 Å². The summed E-state index contributed by atoms with van der Waals surface area (Å²) in [4.78, 5) is 20.3. The SMILES string of the molecule is O=C(c1ccccc1Cl)N(Cc1ccccc1)Cc1nc2ccccc2n1CC1CC1. The lowest BCUT2D eigenvalue weighted by molar-refractivity contribution is 0.0724. The van der Waals surface area contributed by atoms with Crippen molar-refractivity contribution in [2.24, 2.45) is 5.92 Å². The van der Waals surface area contributed by atoms with Gasteiger partial charge in [0.1, 0.15) is 5.82 Å². The first kappa shape index (κ1) is 19.8. The summed E-state index contributed by atoms with van der Waals surface area (Å²) >= 11 is 6.37. The maximum absolute atomic E-state index is 13.5. The number of benzene rings is 3. The molecule has 1 aliphatic rings. The van der Waals surface area contributed by atoms with E-state index in [0.717, 1.165) is 29.0 Å². The highest BCUT2D eigenvalue weighted by molar-refractivity contribution is 6.33. The van der Waals surface area contributed by atoms with E-state index in [0.29, 0.717) is 29.6 Å². The molecule has 0 aliphatic heterocycles. The molecular weight excluding hydrogens is 406 g/mol. The van der Waals surface area contributed by atoms with Gasteiger partial charge in [0, 0.05) is 13.1 Å². The average Bonchev–Trinajstić information content (AvgIpc) is 3.55. The van der Waals surface area contributed by atoms with E-state index in [2.05, 4.69) is 10.6 Å². The third-order valence-corrected chi connectivity index (χ3v) is 6.14. The van der Waals surface area contributed by atoms with Gasteiger partial charge in [-0.1, -0.05) is 66.2 Å². The molecule has 1 amide bonds. The van der Waals surface area contributed by atoms with Crippen LogP contribution in [0.2, 0.25) is 5.02 Å². The molecule has 4 nitrogen and oxygen atoms in total. The molecule has 1 aromatic heterocycles. The summed E-state index contributed by atoms with van der Waals surface area (Å²) in [5.74, 6) is 1.54. The number of carbonyl (C=O) groups is 1. The number of halogens is 1. The van der Waals surface area contributed by atoms with E-state index >= 15 is 0 Å². The number of hydrogen-bond acceptors (Lipinski definition) is 2. The number of rotatable bonds is 7. The predicted octanol–water partition coefficient (Wildman–Crippen LogP) is 5.94. The maximum Gasteiger partial charge on any atom is 0.256 e. The zero-order valence-electron chi connectivity index (χ0n) is 17.2. The van der Waals surface area contributed by atoms with Gasteiger partial charge in [-0.3, -0.25) is 4.79 Å². The number of imidazole rings is 1. The van der Waals surface area contributed by atoms with Gasteiger partial charge in [0.05, 0.1) is 28.2 Å². The monoisotopic (exact) mass is 429 g/mol. The van der Waals surface area contributed by atoms with Crippen LogP contribution in [0.1, 0.15) is 34.6 Å². The average molecular weight is 430 g/mol. The Balaban J connectivity index is 1.52. The largest absolute Gasteiger partial charge is 0.327 e. The number of amides is 1. The second-order valence-electron chi connectivity index (χ2n) is 8.20. The summed E-state index contributed by atoms with van der Waals surface area (Å²) in [5, 5.41) is 0.469. The fraction of sp³-hybridized carbons (Fsp3) is 0.231. The van der Waals surface area contributed by atoms with Crippen molar-refractivity contribution in [2.45, 2.75) is 32.5 Å². The van der Waals surface area contributed by atoms with Crippen LogP contribution in [-0.2, 0) is 19.6 Å². The molecule has 0 radical (unpaired) electrons. The Morgan fingerprint density at radius 3 is 2.42 bits per heavy atom. The van der Waals surface area contributed by atoms with Crippen molar-refractivity contribution in [1.29, 1.82) is 0 Å². The molecule has 5 heteroatoms. The van der Waals surface area contributed by atoms with E-state index in [1.54, 1.807) is 12.1 Å². The topological polar surface area (TPSA) is 38.1 Å². The van der Waals surface area contributed by atoms with Crippen molar-refractivity contribution in [1.82, 2.24) is 14.5 Å². The normalized spacial score (nSPS) is 13.5. The zero-order chi connectivity index (χ0) is 21.2. The van der Waals surface area contributed by atoms with Gasteiger partial charge in [-0.2, -0.15) is 0 Å². The molecule has 5 rings (SSSR count). The summed E-state index contributed by atoms with van der Waals surface area (Å²) < 4.78 is 2.30. The van der Waals surface area contributed by atoms with Crippen molar-refractivity contribution < 1.29 is 4.79 Å². The van der Waals surface area contributed by atoms with E-state index in [4.69, 9.17) is 16.6 Å². The summed E-state index contributed by atoms with van der Waals surface area (Å²) in [5.41, 5.74) is 3.70. The van der Waals surface area contributed by atoms with Gasteiger partial charge in [-0.05, 0) is 48.6 Å². The van der Waals surface area contributed by atoms with Crippen molar-refractivity contribution >= 4 is 28.5 Å². The van der Waals surface area contributed by atoms with Crippen molar-refractivity contribution in [2.75, 3.05) is 0 Å². The summed E-state index contributed by atoms with van der Waals surface area (Å²) in [6, 6.07) is 25.5. The van der Waals surface area contributed by atoms with Crippen molar-refractivity contribution in [3.8, 4) is 0 Å². The predicted molar refractivity (Wildman–Crippen MR) is 124 cm³/mol. The number of nitrogens with zero attached hydrogens (tertiary/aromatic N) is 3. The molecule has 0 N–H and O–H groups in total. The van der Waals surface area contributed by atoms with Crippen LogP contribution in [0.4, 0.5) is 0 Å². The van der Waals surface area contributed by atoms with E-state index in [9.17, 15) is 4.79 Å². The second kappa shape index (κ2) is 8.56. The van der Waals surface area contributed by atoms with Gasteiger partial charge in [0.25, 0.3) is 5.91 Å². The minimum atomic E-state index is -0.0838. The quantitative estimate of drug-likeness (QED) is 0.364. The van der Waals surface area contributed by atoms with Crippen LogP contribution in [0.25, 0.3) is 11.0 Å². The van der Waals surface area contributed by atoms with E-state index < -0.39 is 0 Å². The van der Waals surface area contributed by atoms with Gasteiger partial charge < -0.3 is 9.47 Å². The molecule has 4 aromatic rings. The van der Waals surface area contributed by atoms with Crippen LogP contribution >= 0.6 is 11.6 Å². The number of hydrogen-bond donors (Lipinski definition) is 0. The van der Waals surface area contributed by atoms with Gasteiger partial charge >= 0.3 is 0 Å². The minimum Gasteiger partial charge on any atom is -0.327 e. The molecule has 0 saturated heterocycles. The number of aromatic nitrogens is 2. The van der Waals surface area contributed by atoms with E-state index in [1.165, 1.54) is 12.8 Å². The van der Waals surface area contributed by atoms with Crippen LogP contribution in [0.3, 0.4) is 0 Å².